The van der Waals surface area contributed by atoms with Crippen molar-refractivity contribution in [1.82, 2.24) is 10.6 Å². The van der Waals surface area contributed by atoms with Crippen LogP contribution in [0.5, 0.6) is 0 Å². The summed E-state index contributed by atoms with van der Waals surface area (Å²) in [6.07, 6.45) is -0.946. The van der Waals surface area contributed by atoms with Crippen LogP contribution in [0, 0.1) is 0 Å². The standard InChI is InChI=1S/C4H8N2O2/c7-4(8)6-2-3-1-5-3/h3,5-6H,1-2H2,(H,7,8). The summed E-state index contributed by atoms with van der Waals surface area (Å²) in [6, 6.07) is 0.395. The lowest BCUT2D eigenvalue weighted by Gasteiger charge is -1.93. The molecule has 1 aliphatic heterocycles. The van der Waals surface area contributed by atoms with E-state index in [2.05, 4.69) is 10.6 Å². The minimum absolute atomic E-state index is 0.395. The molecule has 0 saturated carbocycles. The van der Waals surface area contributed by atoms with Crippen molar-refractivity contribution in [2.45, 2.75) is 6.04 Å². The summed E-state index contributed by atoms with van der Waals surface area (Å²) in [5, 5.41) is 13.3. The Kier molecular flexibility index (Phi) is 1.34. The first-order chi connectivity index (χ1) is 3.79. The highest BCUT2D eigenvalue weighted by Gasteiger charge is 2.19. The molecule has 1 fully saturated rings. The van der Waals surface area contributed by atoms with Gasteiger partial charge in [-0.15, -0.1) is 0 Å². The van der Waals surface area contributed by atoms with Crippen LogP contribution in [0.25, 0.3) is 0 Å². The van der Waals surface area contributed by atoms with Crippen molar-refractivity contribution in [2.75, 3.05) is 13.1 Å². The maximum absolute atomic E-state index is 9.79. The number of carbonyl (C=O) groups is 1. The summed E-state index contributed by atoms with van der Waals surface area (Å²) >= 11 is 0. The summed E-state index contributed by atoms with van der Waals surface area (Å²) in [5.74, 6) is 0. The summed E-state index contributed by atoms with van der Waals surface area (Å²) in [4.78, 5) is 9.79. The predicted molar refractivity (Wildman–Crippen MR) is 27.8 cm³/mol. The van der Waals surface area contributed by atoms with Crippen LogP contribution in [-0.4, -0.2) is 30.3 Å². The van der Waals surface area contributed by atoms with E-state index in [-0.39, 0.29) is 0 Å². The Morgan fingerprint density at radius 2 is 2.62 bits per heavy atom. The average Bonchev–Trinajstić information content (AvgIpc) is 2.41. The number of carboxylic acid groups (broad SMARTS) is 1. The van der Waals surface area contributed by atoms with Gasteiger partial charge in [-0.2, -0.15) is 0 Å². The second-order valence-electron chi connectivity index (χ2n) is 1.79. The van der Waals surface area contributed by atoms with E-state index in [0.717, 1.165) is 6.54 Å². The molecule has 0 spiro atoms. The molecule has 1 atom stereocenters. The van der Waals surface area contributed by atoms with Crippen molar-refractivity contribution in [3.63, 3.8) is 0 Å². The van der Waals surface area contributed by atoms with Crippen LogP contribution in [0.1, 0.15) is 0 Å². The highest BCUT2D eigenvalue weighted by molar-refractivity contribution is 5.64. The molecule has 1 saturated heterocycles. The fourth-order valence-electron chi connectivity index (χ4n) is 0.438. The van der Waals surface area contributed by atoms with Gasteiger partial charge in [0.1, 0.15) is 0 Å². The van der Waals surface area contributed by atoms with Gasteiger partial charge in [0.15, 0.2) is 0 Å². The SMILES string of the molecule is O=C(O)NCC1CN1. The summed E-state index contributed by atoms with van der Waals surface area (Å²) < 4.78 is 0. The molecule has 1 aliphatic rings. The van der Waals surface area contributed by atoms with Gasteiger partial charge >= 0.3 is 6.09 Å². The fourth-order valence-corrected chi connectivity index (χ4v) is 0.438. The predicted octanol–water partition coefficient (Wildman–Crippen LogP) is -0.774. The Morgan fingerprint density at radius 1 is 2.00 bits per heavy atom. The smallest absolute Gasteiger partial charge is 0.404 e. The van der Waals surface area contributed by atoms with E-state index in [0.29, 0.717) is 12.6 Å². The molecule has 0 aliphatic carbocycles. The minimum atomic E-state index is -0.946. The van der Waals surface area contributed by atoms with E-state index in [1.807, 2.05) is 0 Å². The molecule has 8 heavy (non-hydrogen) atoms. The Morgan fingerprint density at radius 3 is 3.00 bits per heavy atom. The first-order valence-corrected chi connectivity index (χ1v) is 2.49. The van der Waals surface area contributed by atoms with Gasteiger partial charge in [-0.25, -0.2) is 4.79 Å². The third-order valence-electron chi connectivity index (χ3n) is 0.992. The zero-order valence-electron chi connectivity index (χ0n) is 4.35. The Balaban J connectivity index is 1.95. The summed E-state index contributed by atoms with van der Waals surface area (Å²) in [6.45, 7) is 1.48. The van der Waals surface area contributed by atoms with Crippen molar-refractivity contribution >= 4 is 6.09 Å². The normalized spacial score (nSPS) is 24.8. The number of hydrogen-bond acceptors (Lipinski definition) is 2. The maximum atomic E-state index is 9.79. The van der Waals surface area contributed by atoms with Crippen molar-refractivity contribution in [3.05, 3.63) is 0 Å². The van der Waals surface area contributed by atoms with Crippen LogP contribution in [-0.2, 0) is 0 Å². The van der Waals surface area contributed by atoms with E-state index in [1.54, 1.807) is 0 Å². The van der Waals surface area contributed by atoms with Crippen LogP contribution in [0.4, 0.5) is 4.79 Å². The van der Waals surface area contributed by atoms with Gasteiger partial charge in [0.2, 0.25) is 0 Å². The molecule has 1 unspecified atom stereocenters. The molecular formula is C4H8N2O2. The topological polar surface area (TPSA) is 71.3 Å². The molecule has 0 aromatic carbocycles. The molecule has 0 aromatic rings. The molecule has 1 rings (SSSR count). The lowest BCUT2D eigenvalue weighted by Crippen LogP contribution is -2.26. The van der Waals surface area contributed by atoms with Gasteiger partial charge in [-0.05, 0) is 0 Å². The molecule has 4 nitrogen and oxygen atoms in total. The van der Waals surface area contributed by atoms with Crippen LogP contribution in [0.15, 0.2) is 0 Å². The van der Waals surface area contributed by atoms with Crippen molar-refractivity contribution in [1.29, 1.82) is 0 Å². The van der Waals surface area contributed by atoms with Crippen LogP contribution in [0.3, 0.4) is 0 Å². The van der Waals surface area contributed by atoms with Crippen LogP contribution < -0.4 is 10.6 Å². The third kappa shape index (κ3) is 1.79. The van der Waals surface area contributed by atoms with E-state index in [1.165, 1.54) is 0 Å². The quantitative estimate of drug-likeness (QED) is 0.415. The van der Waals surface area contributed by atoms with Gasteiger partial charge in [-0.3, -0.25) is 0 Å². The molecule has 0 radical (unpaired) electrons. The monoisotopic (exact) mass is 116 g/mol. The first kappa shape index (κ1) is 5.37. The summed E-state index contributed by atoms with van der Waals surface area (Å²) in [5.41, 5.74) is 0. The number of hydrogen-bond donors (Lipinski definition) is 3. The summed E-state index contributed by atoms with van der Waals surface area (Å²) in [7, 11) is 0. The number of nitrogens with one attached hydrogen (secondary N) is 2. The van der Waals surface area contributed by atoms with Gasteiger partial charge in [0, 0.05) is 19.1 Å². The molecule has 46 valence electrons. The highest BCUT2D eigenvalue weighted by Crippen LogP contribution is 1.91. The zero-order chi connectivity index (χ0) is 5.98. The average molecular weight is 116 g/mol. The minimum Gasteiger partial charge on any atom is -0.465 e. The molecule has 1 amide bonds. The van der Waals surface area contributed by atoms with Gasteiger partial charge in [0.25, 0.3) is 0 Å². The Bertz CT molecular complexity index is 100. The van der Waals surface area contributed by atoms with E-state index in [4.69, 9.17) is 5.11 Å². The lowest BCUT2D eigenvalue weighted by atomic mass is 10.5. The molecule has 0 aromatic heterocycles. The van der Waals surface area contributed by atoms with Crippen molar-refractivity contribution < 1.29 is 9.90 Å². The zero-order valence-corrected chi connectivity index (χ0v) is 4.35. The second kappa shape index (κ2) is 2.00. The fraction of sp³-hybridized carbons (Fsp3) is 0.750. The van der Waals surface area contributed by atoms with Gasteiger partial charge in [0.05, 0.1) is 0 Å². The van der Waals surface area contributed by atoms with Gasteiger partial charge in [-0.1, -0.05) is 0 Å². The van der Waals surface area contributed by atoms with Crippen LogP contribution >= 0.6 is 0 Å². The Hall–Kier alpha value is -0.770. The maximum Gasteiger partial charge on any atom is 0.404 e. The highest BCUT2D eigenvalue weighted by atomic mass is 16.4. The largest absolute Gasteiger partial charge is 0.465 e. The van der Waals surface area contributed by atoms with E-state index < -0.39 is 6.09 Å². The van der Waals surface area contributed by atoms with E-state index in [9.17, 15) is 4.79 Å². The number of rotatable bonds is 2. The van der Waals surface area contributed by atoms with E-state index >= 15 is 0 Å². The Labute approximate surface area is 46.9 Å². The third-order valence-corrected chi connectivity index (χ3v) is 0.992. The first-order valence-electron chi connectivity index (χ1n) is 2.49. The molecule has 3 N–H and O–H groups in total. The van der Waals surface area contributed by atoms with Crippen molar-refractivity contribution in [3.8, 4) is 0 Å². The number of amides is 1. The van der Waals surface area contributed by atoms with Crippen molar-refractivity contribution in [2.24, 2.45) is 0 Å². The molecule has 4 heteroatoms. The molecule has 0 bridgehead atoms. The molecular weight excluding hydrogens is 108 g/mol. The van der Waals surface area contributed by atoms with Crippen LogP contribution in [0.2, 0.25) is 0 Å². The lowest BCUT2D eigenvalue weighted by molar-refractivity contribution is 0.194. The second-order valence-corrected chi connectivity index (χ2v) is 1.79. The van der Waals surface area contributed by atoms with Gasteiger partial charge < -0.3 is 15.7 Å². The molecule has 1 heterocycles.